The zero-order valence-electron chi connectivity index (χ0n) is 32.7. The fraction of sp³-hybridized carbons (Fsp3) is 0.442. The van der Waals surface area contributed by atoms with Gasteiger partial charge in [-0.25, -0.2) is 19.6 Å². The predicted molar refractivity (Wildman–Crippen MR) is 210 cm³/mol. The highest BCUT2D eigenvalue weighted by atomic mass is 16.5. The van der Waals surface area contributed by atoms with Gasteiger partial charge in [0.2, 0.25) is 11.8 Å². The van der Waals surface area contributed by atoms with Crippen LogP contribution in [-0.4, -0.2) is 90.1 Å². The maximum absolute atomic E-state index is 13.8. The third-order valence-corrected chi connectivity index (χ3v) is 11.8. The Bertz CT molecular complexity index is 2270. The van der Waals surface area contributed by atoms with Crippen LogP contribution in [-0.2, 0) is 14.3 Å². The zero-order chi connectivity index (χ0) is 40.1. The van der Waals surface area contributed by atoms with Crippen molar-refractivity contribution in [1.29, 1.82) is 0 Å². The van der Waals surface area contributed by atoms with E-state index in [0.29, 0.717) is 17.7 Å². The number of nitrogens with zero attached hydrogens (tertiary/aromatic N) is 4. The molecule has 4 amide bonds. The molecule has 2 aliphatic carbocycles. The summed E-state index contributed by atoms with van der Waals surface area (Å²) in [6, 6.07) is 14.1. The van der Waals surface area contributed by atoms with E-state index in [4.69, 9.17) is 14.7 Å². The van der Waals surface area contributed by atoms with Crippen molar-refractivity contribution in [2.75, 3.05) is 7.11 Å². The molecule has 2 aromatic heterocycles. The molecule has 0 spiro atoms. The van der Waals surface area contributed by atoms with Gasteiger partial charge in [-0.15, -0.1) is 0 Å². The lowest BCUT2D eigenvalue weighted by Gasteiger charge is -2.31. The molecule has 0 radical (unpaired) electrons. The number of carbonyl (C=O) groups is 4. The number of amides is 4. The van der Waals surface area contributed by atoms with E-state index in [9.17, 15) is 24.3 Å². The summed E-state index contributed by atoms with van der Waals surface area (Å²) in [7, 11) is 1.29. The first-order valence-corrected chi connectivity index (χ1v) is 19.7. The summed E-state index contributed by atoms with van der Waals surface area (Å²) in [6.45, 7) is 7.51. The second-order valence-electron chi connectivity index (χ2n) is 16.4. The van der Waals surface area contributed by atoms with Gasteiger partial charge in [-0.05, 0) is 73.6 Å². The Morgan fingerprint density at radius 2 is 1.19 bits per heavy atom. The number of hydrogen-bond donors (Lipinski definition) is 5. The van der Waals surface area contributed by atoms with Gasteiger partial charge in [0.05, 0.1) is 43.0 Å². The van der Waals surface area contributed by atoms with Gasteiger partial charge in [-0.3, -0.25) is 9.59 Å². The van der Waals surface area contributed by atoms with Crippen molar-refractivity contribution in [3.63, 3.8) is 0 Å². The maximum Gasteiger partial charge on any atom is 0.407 e. The number of alkyl carbamates (subject to hydrolysis) is 1. The van der Waals surface area contributed by atoms with Crippen LogP contribution in [0.4, 0.5) is 9.59 Å². The molecule has 4 heterocycles. The fourth-order valence-corrected chi connectivity index (χ4v) is 8.68. The van der Waals surface area contributed by atoms with Crippen LogP contribution in [0.2, 0.25) is 0 Å². The van der Waals surface area contributed by atoms with E-state index >= 15 is 0 Å². The van der Waals surface area contributed by atoms with Gasteiger partial charge in [-0.1, -0.05) is 63.8 Å². The smallest absolute Gasteiger partial charge is 0.407 e. The van der Waals surface area contributed by atoms with Gasteiger partial charge in [0.25, 0.3) is 0 Å². The van der Waals surface area contributed by atoms with Crippen molar-refractivity contribution in [3.05, 3.63) is 83.7 Å². The van der Waals surface area contributed by atoms with Crippen molar-refractivity contribution in [2.45, 2.75) is 89.6 Å². The highest BCUT2D eigenvalue weighted by Crippen LogP contribution is 2.54. The van der Waals surface area contributed by atoms with Crippen LogP contribution in [0, 0.1) is 35.5 Å². The van der Waals surface area contributed by atoms with Crippen molar-refractivity contribution in [3.8, 4) is 34.4 Å². The number of methoxy groups -OCH3 is 1. The van der Waals surface area contributed by atoms with Crippen LogP contribution >= 0.6 is 0 Å². The molecule has 4 fully saturated rings. The van der Waals surface area contributed by atoms with Gasteiger partial charge >= 0.3 is 12.2 Å². The number of imidazole rings is 2. The lowest BCUT2D eigenvalue weighted by molar-refractivity contribution is -0.137. The van der Waals surface area contributed by atoms with E-state index in [0.717, 1.165) is 65.1 Å². The summed E-state index contributed by atoms with van der Waals surface area (Å²) in [5.74, 6) is 8.22. The predicted octanol–water partition coefficient (Wildman–Crippen LogP) is 5.86. The Morgan fingerprint density at radius 3 is 1.61 bits per heavy atom. The fourth-order valence-electron chi connectivity index (χ4n) is 8.68. The number of ether oxygens (including phenoxy) is 1. The summed E-state index contributed by atoms with van der Waals surface area (Å²) in [4.78, 5) is 71.1. The Hall–Kier alpha value is -6.10. The first kappa shape index (κ1) is 37.8. The quantitative estimate of drug-likeness (QED) is 0.124. The molecule has 14 nitrogen and oxygen atoms in total. The average molecular weight is 773 g/mol. The Labute approximate surface area is 331 Å². The number of nitrogens with one attached hydrogen (secondary N) is 4. The molecule has 4 aromatic rings. The summed E-state index contributed by atoms with van der Waals surface area (Å²) in [5, 5.41) is 14.5. The first-order chi connectivity index (χ1) is 27.4. The number of likely N-dealkylation sites (tertiary alicyclic amines) is 2. The van der Waals surface area contributed by atoms with E-state index in [1.807, 2.05) is 86.0 Å². The number of aromatic nitrogens is 4. The van der Waals surface area contributed by atoms with E-state index in [1.54, 1.807) is 12.4 Å². The standard InChI is InChI=1S/C43H48N8O6/c1-22(2)36(48-42(54)55)40(52)50-32-16-28(32)18-34(50)38-44-20-30(46-38)26-10-6-8-24(14-26)12-13-25-9-7-11-27(15-25)31-21-45-39(47-31)35-19-29-17-33(29)51(35)41(53)37(23(3)4)49-43(56)57-5/h6-11,14-15,20-23,28-29,32-37,48H,16-19H2,1-5H3,(H,44,46)(H,45,47)(H,49,56)(H,54,55)/t28-,29-,32-,33-,34+,35+,36+,37+/m1/s1. The van der Waals surface area contributed by atoms with Gasteiger partial charge in [0.15, 0.2) is 0 Å². The SMILES string of the molecule is COC(=O)N[C@H](C(=O)N1[C@@H]2C[C@@H]2C[C@H]1c1ncc(-c2cccc(C#Cc3cccc(-c4cnc([C@@H]5C[C@H]6C[C@H]6N5C(=O)[C@@H](NC(=O)O)C(C)C)[nH]4)c3)c2)[nH]1)C(C)C. The van der Waals surface area contributed by atoms with Crippen LogP contribution in [0.5, 0.6) is 0 Å². The summed E-state index contributed by atoms with van der Waals surface area (Å²) in [5.41, 5.74) is 5.11. The molecule has 2 saturated carbocycles. The van der Waals surface area contributed by atoms with E-state index in [1.165, 1.54) is 7.11 Å². The Morgan fingerprint density at radius 1 is 0.737 bits per heavy atom. The summed E-state index contributed by atoms with van der Waals surface area (Å²) in [6.07, 6.45) is 5.24. The minimum absolute atomic E-state index is 0.111. The zero-order valence-corrected chi connectivity index (χ0v) is 32.7. The number of hydrogen-bond acceptors (Lipinski definition) is 7. The molecule has 14 heteroatoms. The summed E-state index contributed by atoms with van der Waals surface area (Å²) < 4.78 is 4.79. The number of aromatic amines is 2. The molecule has 2 aliphatic heterocycles. The maximum atomic E-state index is 13.8. The second kappa shape index (κ2) is 15.1. The highest BCUT2D eigenvalue weighted by molar-refractivity contribution is 5.88. The molecule has 4 aliphatic rings. The van der Waals surface area contributed by atoms with Gasteiger partial charge in [-0.2, -0.15) is 0 Å². The van der Waals surface area contributed by atoms with Gasteiger partial charge in [0, 0.05) is 34.3 Å². The number of H-pyrrole nitrogens is 2. The minimum Gasteiger partial charge on any atom is -0.465 e. The molecule has 0 unspecified atom stereocenters. The molecule has 8 rings (SSSR count). The molecule has 2 aromatic carbocycles. The molecular formula is C43H48N8O6. The van der Waals surface area contributed by atoms with Crippen LogP contribution < -0.4 is 10.6 Å². The van der Waals surface area contributed by atoms with Crippen molar-refractivity contribution in [1.82, 2.24) is 40.4 Å². The Kier molecular flexibility index (Phi) is 10.0. The molecule has 57 heavy (non-hydrogen) atoms. The monoisotopic (exact) mass is 772 g/mol. The van der Waals surface area contributed by atoms with E-state index in [2.05, 4.69) is 32.4 Å². The van der Waals surface area contributed by atoms with Crippen LogP contribution in [0.3, 0.4) is 0 Å². The van der Waals surface area contributed by atoms with Crippen LogP contribution in [0.1, 0.15) is 88.2 Å². The normalized spacial score (nSPS) is 23.9. The number of rotatable bonds is 10. The number of carbonyl (C=O) groups excluding carboxylic acids is 3. The third kappa shape index (κ3) is 7.58. The minimum atomic E-state index is -1.21. The number of piperidine rings is 2. The number of fused-ring (bicyclic) bond motifs is 2. The first-order valence-electron chi connectivity index (χ1n) is 19.7. The van der Waals surface area contributed by atoms with Gasteiger partial charge < -0.3 is 40.2 Å². The Balaban J connectivity index is 0.961. The van der Waals surface area contributed by atoms with Crippen molar-refractivity contribution in [2.24, 2.45) is 23.7 Å². The molecule has 0 bridgehead atoms. The number of carboxylic acid groups (broad SMARTS) is 1. The topological polar surface area (TPSA) is 186 Å². The van der Waals surface area contributed by atoms with E-state index in [-0.39, 0.29) is 47.8 Å². The molecule has 2 saturated heterocycles. The lowest BCUT2D eigenvalue weighted by Crippen LogP contribution is -2.52. The third-order valence-electron chi connectivity index (χ3n) is 11.8. The van der Waals surface area contributed by atoms with Gasteiger partial charge in [0.1, 0.15) is 23.7 Å². The average Bonchev–Trinajstić information content (AvgIpc) is 3.78. The second-order valence-corrected chi connectivity index (χ2v) is 16.4. The highest BCUT2D eigenvalue weighted by Gasteiger charge is 2.57. The molecule has 296 valence electrons. The van der Waals surface area contributed by atoms with Crippen molar-refractivity contribution >= 4 is 24.0 Å². The largest absolute Gasteiger partial charge is 0.465 e. The molecule has 8 atom stereocenters. The van der Waals surface area contributed by atoms with Crippen molar-refractivity contribution < 1.29 is 29.0 Å². The molecular weight excluding hydrogens is 725 g/mol. The van der Waals surface area contributed by atoms with Crippen LogP contribution in [0.25, 0.3) is 22.5 Å². The summed E-state index contributed by atoms with van der Waals surface area (Å²) >= 11 is 0. The molecule has 5 N–H and O–H groups in total. The number of benzene rings is 2. The van der Waals surface area contributed by atoms with E-state index < -0.39 is 24.3 Å². The lowest BCUT2D eigenvalue weighted by atomic mass is 10.0. The van der Waals surface area contributed by atoms with Crippen LogP contribution in [0.15, 0.2) is 60.9 Å².